The smallest absolute Gasteiger partial charge is 0.399 e. The van der Waals surface area contributed by atoms with Crippen molar-refractivity contribution in [2.75, 3.05) is 0 Å². The van der Waals surface area contributed by atoms with Crippen LogP contribution < -0.4 is 4.74 Å². The third-order valence-electron chi connectivity index (χ3n) is 7.80. The molecule has 1 aromatic rings. The first-order valence-electron chi connectivity index (χ1n) is 11.9. The average Bonchev–Trinajstić information content (AvgIpc) is 2.74. The van der Waals surface area contributed by atoms with Gasteiger partial charge in [0.05, 0.1) is 0 Å². The van der Waals surface area contributed by atoms with E-state index in [1.807, 2.05) is 0 Å². The van der Waals surface area contributed by atoms with E-state index in [9.17, 15) is 22.0 Å². The molecule has 1 unspecified atom stereocenters. The van der Waals surface area contributed by atoms with Crippen LogP contribution in [0.4, 0.5) is 22.0 Å². The molecule has 1 aromatic carbocycles. The summed E-state index contributed by atoms with van der Waals surface area (Å²) >= 11 is 0. The van der Waals surface area contributed by atoms with Gasteiger partial charge < -0.3 is 4.74 Å². The summed E-state index contributed by atoms with van der Waals surface area (Å²) in [6.07, 6.45) is 7.73. The van der Waals surface area contributed by atoms with Crippen LogP contribution in [0.3, 0.4) is 0 Å². The molecule has 0 aliphatic heterocycles. The molecule has 0 aromatic heterocycles. The minimum Gasteiger partial charge on any atom is -0.399 e. The predicted molar refractivity (Wildman–Crippen MR) is 112 cm³/mol. The second-order valence-corrected chi connectivity index (χ2v) is 9.84. The Labute approximate surface area is 182 Å². The lowest BCUT2D eigenvalue weighted by Crippen LogP contribution is -2.25. The fourth-order valence-corrected chi connectivity index (χ4v) is 5.63. The number of halogens is 5. The molecular formula is C25H35F5O. The molecule has 2 aliphatic rings. The van der Waals surface area contributed by atoms with Crippen LogP contribution >= 0.6 is 0 Å². The van der Waals surface area contributed by atoms with Crippen molar-refractivity contribution in [1.82, 2.24) is 0 Å². The van der Waals surface area contributed by atoms with Gasteiger partial charge in [-0.1, -0.05) is 46.0 Å². The van der Waals surface area contributed by atoms with Gasteiger partial charge in [0.25, 0.3) is 0 Å². The van der Waals surface area contributed by atoms with Gasteiger partial charge in [-0.25, -0.2) is 8.78 Å². The minimum absolute atomic E-state index is 0.00735. The van der Waals surface area contributed by atoms with Gasteiger partial charge in [-0.3, -0.25) is 0 Å². The van der Waals surface area contributed by atoms with E-state index in [-0.39, 0.29) is 5.92 Å². The molecule has 2 saturated carbocycles. The van der Waals surface area contributed by atoms with E-state index in [0.29, 0.717) is 11.5 Å². The standard InChI is InChI=1S/C25H35F5O/c1-3-16(2)4-5-17-6-8-18(9-7-17)19-10-12-20(13-11-19)21-14-22(26)24(23(27)15-21)31-25(28,29)30/h14-20H,3-13H2,1-2H3. The highest BCUT2D eigenvalue weighted by atomic mass is 19.4. The maximum absolute atomic E-state index is 14.1. The van der Waals surface area contributed by atoms with Gasteiger partial charge in [0.15, 0.2) is 11.6 Å². The molecule has 2 fully saturated rings. The first-order valence-corrected chi connectivity index (χ1v) is 11.9. The van der Waals surface area contributed by atoms with Crippen LogP contribution in [0.15, 0.2) is 12.1 Å². The van der Waals surface area contributed by atoms with Crippen LogP contribution in [0.25, 0.3) is 0 Å². The molecular weight excluding hydrogens is 411 g/mol. The van der Waals surface area contributed by atoms with E-state index in [1.54, 1.807) is 0 Å². The number of hydrogen-bond acceptors (Lipinski definition) is 1. The molecule has 1 nitrogen and oxygen atoms in total. The summed E-state index contributed by atoms with van der Waals surface area (Å²) in [6.45, 7) is 4.59. The third-order valence-corrected chi connectivity index (χ3v) is 7.80. The second-order valence-electron chi connectivity index (χ2n) is 9.84. The minimum atomic E-state index is -5.12. The highest BCUT2D eigenvalue weighted by Crippen LogP contribution is 2.45. The average molecular weight is 447 g/mol. The maximum Gasteiger partial charge on any atom is 0.573 e. The Morgan fingerprint density at radius 2 is 1.42 bits per heavy atom. The highest BCUT2D eigenvalue weighted by molar-refractivity contribution is 5.33. The Balaban J connectivity index is 1.49. The van der Waals surface area contributed by atoms with Gasteiger partial charge in [-0.2, -0.15) is 0 Å². The van der Waals surface area contributed by atoms with Gasteiger partial charge in [0.2, 0.25) is 5.75 Å². The van der Waals surface area contributed by atoms with Crippen molar-refractivity contribution >= 4 is 0 Å². The van der Waals surface area contributed by atoms with Crippen molar-refractivity contribution in [3.05, 3.63) is 29.3 Å². The van der Waals surface area contributed by atoms with Crippen LogP contribution in [0.2, 0.25) is 0 Å². The number of ether oxygens (including phenoxy) is 1. The number of benzene rings is 1. The largest absolute Gasteiger partial charge is 0.573 e. The Hall–Kier alpha value is -1.33. The van der Waals surface area contributed by atoms with E-state index in [2.05, 4.69) is 18.6 Å². The molecule has 1 atom stereocenters. The monoisotopic (exact) mass is 446 g/mol. The molecule has 0 spiro atoms. The summed E-state index contributed by atoms with van der Waals surface area (Å²) in [5.41, 5.74) is 0.441. The van der Waals surface area contributed by atoms with Gasteiger partial charge in [0.1, 0.15) is 0 Å². The van der Waals surface area contributed by atoms with Crippen molar-refractivity contribution in [1.29, 1.82) is 0 Å². The van der Waals surface area contributed by atoms with Crippen LogP contribution in [0.5, 0.6) is 5.75 Å². The van der Waals surface area contributed by atoms with Crippen molar-refractivity contribution in [3.8, 4) is 5.75 Å². The van der Waals surface area contributed by atoms with Crippen molar-refractivity contribution in [3.63, 3.8) is 0 Å². The Morgan fingerprint density at radius 3 is 1.90 bits per heavy atom. The zero-order valence-electron chi connectivity index (χ0n) is 18.6. The molecule has 0 bridgehead atoms. The molecule has 31 heavy (non-hydrogen) atoms. The number of hydrogen-bond donors (Lipinski definition) is 0. The lowest BCUT2D eigenvalue weighted by molar-refractivity contribution is -0.276. The summed E-state index contributed by atoms with van der Waals surface area (Å²) < 4.78 is 68.7. The van der Waals surface area contributed by atoms with Gasteiger partial charge in [-0.15, -0.1) is 13.2 Å². The predicted octanol–water partition coefficient (Wildman–Crippen LogP) is 8.77. The summed E-state index contributed by atoms with van der Waals surface area (Å²) in [4.78, 5) is 0. The molecule has 176 valence electrons. The highest BCUT2D eigenvalue weighted by Gasteiger charge is 2.35. The fraction of sp³-hybridized carbons (Fsp3) is 0.760. The van der Waals surface area contributed by atoms with Crippen LogP contribution in [-0.4, -0.2) is 6.36 Å². The first kappa shape index (κ1) is 24.3. The van der Waals surface area contributed by atoms with Crippen LogP contribution in [-0.2, 0) is 0 Å². The fourth-order valence-electron chi connectivity index (χ4n) is 5.63. The van der Waals surface area contributed by atoms with E-state index in [0.717, 1.165) is 55.6 Å². The summed E-state index contributed by atoms with van der Waals surface area (Å²) in [5, 5.41) is 0. The summed E-state index contributed by atoms with van der Waals surface area (Å²) in [7, 11) is 0. The van der Waals surface area contributed by atoms with E-state index < -0.39 is 23.7 Å². The Morgan fingerprint density at radius 1 is 0.903 bits per heavy atom. The topological polar surface area (TPSA) is 9.23 Å². The van der Waals surface area contributed by atoms with Crippen LogP contribution in [0.1, 0.15) is 96.0 Å². The first-order chi connectivity index (χ1) is 14.7. The zero-order valence-corrected chi connectivity index (χ0v) is 18.6. The molecule has 0 amide bonds. The summed E-state index contributed by atoms with van der Waals surface area (Å²) in [6, 6.07) is 2.02. The van der Waals surface area contributed by atoms with E-state index in [1.165, 1.54) is 44.9 Å². The molecule has 0 radical (unpaired) electrons. The lowest BCUT2D eigenvalue weighted by atomic mass is 9.68. The molecule has 3 rings (SSSR count). The molecule has 0 saturated heterocycles. The molecule has 6 heteroatoms. The van der Waals surface area contributed by atoms with E-state index >= 15 is 0 Å². The van der Waals surface area contributed by atoms with E-state index in [4.69, 9.17) is 0 Å². The molecule has 2 aliphatic carbocycles. The van der Waals surface area contributed by atoms with Crippen molar-refractivity contribution in [2.24, 2.45) is 23.7 Å². The third kappa shape index (κ3) is 6.82. The van der Waals surface area contributed by atoms with Gasteiger partial charge in [0, 0.05) is 0 Å². The van der Waals surface area contributed by atoms with Crippen LogP contribution in [0, 0.1) is 35.3 Å². The van der Waals surface area contributed by atoms with Gasteiger partial charge in [-0.05, 0) is 85.8 Å². The second kappa shape index (κ2) is 10.5. The molecule has 0 heterocycles. The lowest BCUT2D eigenvalue weighted by Gasteiger charge is -2.38. The normalized spacial score (nSPS) is 28.4. The Kier molecular flexibility index (Phi) is 8.25. The number of rotatable bonds is 7. The maximum atomic E-state index is 14.1. The summed E-state index contributed by atoms with van der Waals surface area (Å²) in [5.74, 6) is -0.856. The SMILES string of the molecule is CCC(C)CCC1CCC(C2CCC(c3cc(F)c(OC(F)(F)F)c(F)c3)CC2)CC1. The Bertz CT molecular complexity index is 677. The quantitative estimate of drug-likeness (QED) is 0.380. The molecule has 0 N–H and O–H groups in total. The zero-order chi connectivity index (χ0) is 22.6. The number of alkyl halides is 3. The van der Waals surface area contributed by atoms with Crippen molar-refractivity contribution in [2.45, 2.75) is 96.8 Å². The van der Waals surface area contributed by atoms with Gasteiger partial charge >= 0.3 is 6.36 Å². The van der Waals surface area contributed by atoms with Crippen molar-refractivity contribution < 1.29 is 26.7 Å².